The molecule has 6 heteroatoms. The first-order chi connectivity index (χ1) is 10.1. The first kappa shape index (κ1) is 14.9. The third-order valence-corrected chi connectivity index (χ3v) is 6.44. The molecule has 1 aromatic carbocycles. The van der Waals surface area contributed by atoms with Gasteiger partial charge in [0.05, 0.1) is 6.04 Å². The van der Waals surface area contributed by atoms with Crippen LogP contribution in [-0.2, 0) is 10.2 Å². The summed E-state index contributed by atoms with van der Waals surface area (Å²) in [5.41, 5.74) is 0.888. The number of rotatable bonds is 3. The normalized spacial score (nSPS) is 25.3. The van der Waals surface area contributed by atoms with Crippen molar-refractivity contribution in [2.24, 2.45) is 0 Å². The number of piperidine rings is 1. The molecule has 1 unspecified atom stereocenters. The molecule has 0 spiro atoms. The van der Waals surface area contributed by atoms with Gasteiger partial charge in [0.1, 0.15) is 5.82 Å². The Hall–Kier alpha value is -0.980. The van der Waals surface area contributed by atoms with Crippen LogP contribution < -0.4 is 0 Å². The van der Waals surface area contributed by atoms with Crippen molar-refractivity contribution in [2.45, 2.75) is 38.1 Å². The lowest BCUT2D eigenvalue weighted by molar-refractivity contribution is 0.238. The summed E-state index contributed by atoms with van der Waals surface area (Å²) in [6.45, 7) is 1.80. The van der Waals surface area contributed by atoms with Gasteiger partial charge in [-0.05, 0) is 43.4 Å². The first-order valence-electron chi connectivity index (χ1n) is 7.61. The number of hydrogen-bond donors (Lipinski definition) is 0. The molecular weight excluding hydrogens is 291 g/mol. The zero-order chi connectivity index (χ0) is 14.9. The molecule has 2 heterocycles. The minimum atomic E-state index is -3.40. The Morgan fingerprint density at radius 2 is 1.57 bits per heavy atom. The molecule has 0 saturated carbocycles. The molecule has 0 amide bonds. The summed E-state index contributed by atoms with van der Waals surface area (Å²) < 4.78 is 41.9. The minimum Gasteiger partial charge on any atom is -0.207 e. The highest BCUT2D eigenvalue weighted by Gasteiger charge is 2.38. The summed E-state index contributed by atoms with van der Waals surface area (Å²) in [6.07, 6.45) is 4.58. The van der Waals surface area contributed by atoms with E-state index in [-0.39, 0.29) is 11.9 Å². The summed E-state index contributed by atoms with van der Waals surface area (Å²) in [6, 6.07) is 6.06. The van der Waals surface area contributed by atoms with Crippen LogP contribution in [0, 0.1) is 5.82 Å². The van der Waals surface area contributed by atoms with E-state index < -0.39 is 10.2 Å². The van der Waals surface area contributed by atoms with Gasteiger partial charge in [0.2, 0.25) is 0 Å². The average Bonchev–Trinajstić information content (AvgIpc) is 3.03. The lowest BCUT2D eigenvalue weighted by Gasteiger charge is -2.37. The monoisotopic (exact) mass is 312 g/mol. The van der Waals surface area contributed by atoms with E-state index in [1.807, 2.05) is 0 Å². The lowest BCUT2D eigenvalue weighted by atomic mass is 9.97. The number of hydrogen-bond acceptors (Lipinski definition) is 2. The fourth-order valence-corrected chi connectivity index (χ4v) is 5.19. The van der Waals surface area contributed by atoms with Gasteiger partial charge < -0.3 is 0 Å². The van der Waals surface area contributed by atoms with Crippen LogP contribution in [0.2, 0.25) is 0 Å². The van der Waals surface area contributed by atoms with Crippen molar-refractivity contribution in [3.63, 3.8) is 0 Å². The zero-order valence-electron chi connectivity index (χ0n) is 12.0. The molecule has 0 radical (unpaired) electrons. The van der Waals surface area contributed by atoms with Crippen molar-refractivity contribution in [2.75, 3.05) is 19.6 Å². The topological polar surface area (TPSA) is 40.6 Å². The Bertz CT molecular complexity index is 582. The molecule has 2 aliphatic heterocycles. The molecule has 4 nitrogen and oxygen atoms in total. The van der Waals surface area contributed by atoms with Crippen LogP contribution in [0.15, 0.2) is 24.3 Å². The minimum absolute atomic E-state index is 0.162. The predicted octanol–water partition coefficient (Wildman–Crippen LogP) is 2.69. The van der Waals surface area contributed by atoms with Crippen LogP contribution >= 0.6 is 0 Å². The van der Waals surface area contributed by atoms with Gasteiger partial charge in [0.15, 0.2) is 0 Å². The molecule has 0 aromatic heterocycles. The Balaban J connectivity index is 1.89. The molecule has 1 aromatic rings. The van der Waals surface area contributed by atoms with Crippen LogP contribution in [0.4, 0.5) is 4.39 Å². The summed E-state index contributed by atoms with van der Waals surface area (Å²) in [7, 11) is -3.40. The van der Waals surface area contributed by atoms with Gasteiger partial charge in [-0.25, -0.2) is 4.39 Å². The van der Waals surface area contributed by atoms with E-state index in [0.717, 1.165) is 37.7 Å². The smallest absolute Gasteiger partial charge is 0.207 e. The van der Waals surface area contributed by atoms with Gasteiger partial charge in [0.25, 0.3) is 10.2 Å². The van der Waals surface area contributed by atoms with E-state index in [1.165, 1.54) is 12.1 Å². The largest absolute Gasteiger partial charge is 0.282 e. The van der Waals surface area contributed by atoms with Gasteiger partial charge >= 0.3 is 0 Å². The third kappa shape index (κ3) is 2.98. The third-order valence-electron chi connectivity index (χ3n) is 4.40. The second-order valence-corrected chi connectivity index (χ2v) is 7.67. The van der Waals surface area contributed by atoms with Crippen LogP contribution in [0.25, 0.3) is 0 Å². The van der Waals surface area contributed by atoms with Gasteiger partial charge in [-0.3, -0.25) is 0 Å². The van der Waals surface area contributed by atoms with E-state index >= 15 is 0 Å². The highest BCUT2D eigenvalue weighted by Crippen LogP contribution is 2.34. The average molecular weight is 312 g/mol. The molecule has 1 atom stereocenters. The quantitative estimate of drug-likeness (QED) is 0.861. The maximum absolute atomic E-state index is 13.1. The molecule has 0 bridgehead atoms. The summed E-state index contributed by atoms with van der Waals surface area (Å²) in [5, 5.41) is 0. The Labute approximate surface area is 125 Å². The summed E-state index contributed by atoms with van der Waals surface area (Å²) in [5.74, 6) is -0.288. The van der Waals surface area contributed by atoms with Crippen LogP contribution in [0.5, 0.6) is 0 Å². The van der Waals surface area contributed by atoms with E-state index in [2.05, 4.69) is 0 Å². The van der Waals surface area contributed by atoms with Gasteiger partial charge in [0, 0.05) is 19.6 Å². The Morgan fingerprint density at radius 1 is 0.952 bits per heavy atom. The van der Waals surface area contributed by atoms with Crippen molar-refractivity contribution in [1.82, 2.24) is 8.61 Å². The number of benzene rings is 1. The fourth-order valence-electron chi connectivity index (χ4n) is 3.27. The second kappa shape index (κ2) is 6.02. The van der Waals surface area contributed by atoms with Crippen LogP contribution in [-0.4, -0.2) is 36.7 Å². The summed E-state index contributed by atoms with van der Waals surface area (Å²) in [4.78, 5) is 0. The predicted molar refractivity (Wildman–Crippen MR) is 79.4 cm³/mol. The van der Waals surface area contributed by atoms with Crippen molar-refractivity contribution >= 4 is 10.2 Å². The van der Waals surface area contributed by atoms with E-state index in [4.69, 9.17) is 0 Å². The molecule has 116 valence electrons. The SMILES string of the molecule is O=S(=O)(N1CCCC1)N1CCCCC1c1ccc(F)cc1. The fraction of sp³-hybridized carbons (Fsp3) is 0.600. The van der Waals surface area contributed by atoms with Crippen molar-refractivity contribution in [3.8, 4) is 0 Å². The van der Waals surface area contributed by atoms with Gasteiger partial charge in [-0.15, -0.1) is 0 Å². The molecular formula is C15H21FN2O2S. The van der Waals surface area contributed by atoms with Crippen molar-refractivity contribution in [3.05, 3.63) is 35.6 Å². The maximum atomic E-state index is 13.1. The van der Waals surface area contributed by atoms with Crippen molar-refractivity contribution < 1.29 is 12.8 Å². The molecule has 0 aliphatic carbocycles. The molecule has 21 heavy (non-hydrogen) atoms. The molecule has 3 rings (SSSR count). The highest BCUT2D eigenvalue weighted by atomic mass is 32.2. The maximum Gasteiger partial charge on any atom is 0.282 e. The van der Waals surface area contributed by atoms with Crippen LogP contribution in [0.3, 0.4) is 0 Å². The zero-order valence-corrected chi connectivity index (χ0v) is 12.9. The summed E-state index contributed by atoms with van der Waals surface area (Å²) >= 11 is 0. The Morgan fingerprint density at radius 3 is 2.24 bits per heavy atom. The van der Waals surface area contributed by atoms with Crippen molar-refractivity contribution in [1.29, 1.82) is 0 Å². The molecule has 2 saturated heterocycles. The molecule has 2 fully saturated rings. The standard InChI is InChI=1S/C15H21FN2O2S/c16-14-8-6-13(7-9-14)15-5-1-2-12-18(15)21(19,20)17-10-3-4-11-17/h6-9,15H,1-5,10-12H2. The number of nitrogens with zero attached hydrogens (tertiary/aromatic N) is 2. The highest BCUT2D eigenvalue weighted by molar-refractivity contribution is 7.86. The lowest BCUT2D eigenvalue weighted by Crippen LogP contribution is -2.46. The Kier molecular flexibility index (Phi) is 4.28. The van der Waals surface area contributed by atoms with E-state index in [1.54, 1.807) is 20.7 Å². The van der Waals surface area contributed by atoms with Gasteiger partial charge in [-0.2, -0.15) is 17.0 Å². The van der Waals surface area contributed by atoms with E-state index in [9.17, 15) is 12.8 Å². The second-order valence-electron chi connectivity index (χ2n) is 5.79. The first-order valence-corrected chi connectivity index (χ1v) is 9.01. The van der Waals surface area contributed by atoms with Crippen LogP contribution in [0.1, 0.15) is 43.7 Å². The van der Waals surface area contributed by atoms with E-state index in [0.29, 0.717) is 19.6 Å². The molecule has 2 aliphatic rings. The molecule has 0 N–H and O–H groups in total. The number of halogens is 1. The van der Waals surface area contributed by atoms with Gasteiger partial charge in [-0.1, -0.05) is 18.6 Å².